The van der Waals surface area contributed by atoms with E-state index in [0.29, 0.717) is 28.1 Å². The van der Waals surface area contributed by atoms with E-state index in [-0.39, 0.29) is 25.4 Å². The molecule has 240 valence electrons. The number of alkyl halides is 1. The topological polar surface area (TPSA) is 162 Å². The number of nitrogens with two attached hydrogens (primary N) is 1. The fraction of sp³-hybridized carbons (Fsp3) is 0.406. The van der Waals surface area contributed by atoms with Crippen molar-refractivity contribution in [1.82, 2.24) is 20.5 Å². The molecule has 4 atom stereocenters. The summed E-state index contributed by atoms with van der Waals surface area (Å²) in [6, 6.07) is 14.6. The Hall–Kier alpha value is -4.39. The number of fused-ring (bicyclic) bond motifs is 1. The summed E-state index contributed by atoms with van der Waals surface area (Å²) in [5.41, 5.74) is 7.11. The molecule has 3 aromatic rings. The number of hydrogen-bond donors (Lipinski definition) is 3. The molecule has 1 aliphatic rings. The highest BCUT2D eigenvalue weighted by Gasteiger charge is 2.43. The Bertz CT molecular complexity index is 1560. The smallest absolute Gasteiger partial charge is 0.408 e. The zero-order valence-electron chi connectivity index (χ0n) is 25.8. The third-order valence-corrected chi connectivity index (χ3v) is 7.46. The van der Waals surface area contributed by atoms with Crippen molar-refractivity contribution < 1.29 is 33.4 Å². The van der Waals surface area contributed by atoms with Gasteiger partial charge >= 0.3 is 6.09 Å². The molecule has 0 bridgehead atoms. The van der Waals surface area contributed by atoms with E-state index in [2.05, 4.69) is 26.6 Å². The van der Waals surface area contributed by atoms with Crippen LogP contribution in [0, 0.1) is 0 Å². The van der Waals surface area contributed by atoms with E-state index < -0.39 is 46.5 Å². The summed E-state index contributed by atoms with van der Waals surface area (Å²) < 4.78 is 17.2. The van der Waals surface area contributed by atoms with Gasteiger partial charge in [-0.15, -0.1) is 0 Å². The number of hydrogen-bond acceptors (Lipinski definition) is 8. The van der Waals surface area contributed by atoms with Crippen molar-refractivity contribution in [3.8, 4) is 22.8 Å². The number of alkyl carbamates (subject to hydrolysis) is 1. The Labute approximate surface area is 270 Å². The van der Waals surface area contributed by atoms with Gasteiger partial charge in [0.25, 0.3) is 0 Å². The highest BCUT2D eigenvalue weighted by Crippen LogP contribution is 2.34. The highest BCUT2D eigenvalue weighted by atomic mass is 79.9. The Morgan fingerprint density at radius 1 is 1.11 bits per heavy atom. The number of aromatic nitrogens is 1. The summed E-state index contributed by atoms with van der Waals surface area (Å²) in [4.78, 5) is 56.9. The number of nitrogens with one attached hydrogen (secondary N) is 2. The standard InChI is InChI=1S/C32H38BrN5O7/c1-18(33)29(40)35-16-25(37-31(42)45-32(2,3)4)30(41)38-17-21(14-26(38)28(34)39)44-27-15-23(19-9-7-6-8-10-19)36-24-13-20(43-5)11-12-22(24)27/h6-13,15,18,21,25-26H,14,16-17H2,1-5H3,(H2,34,39)(H,35,40)(H,37,42)/t18?,21-,25+,26+/m1/s1. The van der Waals surface area contributed by atoms with Crippen LogP contribution >= 0.6 is 15.9 Å². The molecule has 45 heavy (non-hydrogen) atoms. The van der Waals surface area contributed by atoms with Gasteiger partial charge in [0.1, 0.15) is 35.3 Å². The minimum absolute atomic E-state index is 0.00235. The summed E-state index contributed by atoms with van der Waals surface area (Å²) in [5, 5.41) is 5.88. The van der Waals surface area contributed by atoms with E-state index in [1.807, 2.05) is 42.5 Å². The summed E-state index contributed by atoms with van der Waals surface area (Å²) in [6.45, 7) is 6.45. The fourth-order valence-corrected chi connectivity index (χ4v) is 5.09. The quantitative estimate of drug-likeness (QED) is 0.273. The summed E-state index contributed by atoms with van der Waals surface area (Å²) in [5.74, 6) is -0.595. The summed E-state index contributed by atoms with van der Waals surface area (Å²) in [6.07, 6.45) is -1.36. The van der Waals surface area contributed by atoms with E-state index in [9.17, 15) is 19.2 Å². The Balaban J connectivity index is 1.62. The van der Waals surface area contributed by atoms with Crippen molar-refractivity contribution in [3.63, 3.8) is 0 Å². The lowest BCUT2D eigenvalue weighted by Crippen LogP contribution is -2.57. The first-order valence-electron chi connectivity index (χ1n) is 14.5. The van der Waals surface area contributed by atoms with Crippen LogP contribution in [0.15, 0.2) is 54.6 Å². The van der Waals surface area contributed by atoms with E-state index in [4.69, 9.17) is 24.9 Å². The molecule has 4 N–H and O–H groups in total. The van der Waals surface area contributed by atoms with Crippen LogP contribution in [0.3, 0.4) is 0 Å². The van der Waals surface area contributed by atoms with Gasteiger partial charge in [-0.2, -0.15) is 0 Å². The van der Waals surface area contributed by atoms with Gasteiger partial charge in [0.2, 0.25) is 17.7 Å². The van der Waals surface area contributed by atoms with Crippen molar-refractivity contribution in [1.29, 1.82) is 0 Å². The predicted octanol–water partition coefficient (Wildman–Crippen LogP) is 3.54. The van der Waals surface area contributed by atoms with Gasteiger partial charge in [0.15, 0.2) is 0 Å². The molecule has 2 aromatic carbocycles. The number of likely N-dealkylation sites (tertiary alicyclic amines) is 1. The van der Waals surface area contributed by atoms with Gasteiger partial charge < -0.3 is 35.5 Å². The molecular formula is C32H38BrN5O7. The largest absolute Gasteiger partial charge is 0.497 e. The van der Waals surface area contributed by atoms with E-state index in [1.165, 1.54) is 4.90 Å². The van der Waals surface area contributed by atoms with E-state index in [0.717, 1.165) is 5.56 Å². The Morgan fingerprint density at radius 2 is 1.82 bits per heavy atom. The van der Waals surface area contributed by atoms with Gasteiger partial charge in [-0.05, 0) is 39.8 Å². The van der Waals surface area contributed by atoms with Crippen molar-refractivity contribution in [3.05, 3.63) is 54.6 Å². The number of benzene rings is 2. The van der Waals surface area contributed by atoms with Crippen molar-refractivity contribution in [2.45, 2.75) is 62.7 Å². The number of halogens is 1. The number of primary amides is 1. The maximum atomic E-state index is 13.9. The molecule has 1 fully saturated rings. The number of amides is 4. The van der Waals surface area contributed by atoms with Crippen LogP contribution in [-0.2, 0) is 19.1 Å². The molecule has 2 heterocycles. The lowest BCUT2D eigenvalue weighted by molar-refractivity contribution is -0.139. The van der Waals surface area contributed by atoms with Crippen LogP contribution in [0.25, 0.3) is 22.2 Å². The molecule has 0 aliphatic carbocycles. The number of nitrogens with zero attached hydrogens (tertiary/aromatic N) is 2. The normalized spacial score (nSPS) is 17.7. The van der Waals surface area contributed by atoms with E-state index in [1.54, 1.807) is 46.9 Å². The van der Waals surface area contributed by atoms with Crippen molar-refractivity contribution >= 4 is 50.6 Å². The zero-order chi connectivity index (χ0) is 32.9. The maximum absolute atomic E-state index is 13.9. The first-order valence-corrected chi connectivity index (χ1v) is 15.4. The summed E-state index contributed by atoms with van der Waals surface area (Å²) >= 11 is 3.19. The maximum Gasteiger partial charge on any atom is 0.408 e. The molecule has 13 heteroatoms. The molecule has 4 rings (SSSR count). The van der Waals surface area contributed by atoms with Crippen molar-refractivity contribution in [2.75, 3.05) is 20.2 Å². The van der Waals surface area contributed by atoms with E-state index >= 15 is 0 Å². The Morgan fingerprint density at radius 3 is 2.44 bits per heavy atom. The second-order valence-corrected chi connectivity index (χ2v) is 13.1. The highest BCUT2D eigenvalue weighted by molar-refractivity contribution is 9.10. The monoisotopic (exact) mass is 683 g/mol. The fourth-order valence-electron chi connectivity index (χ4n) is 4.93. The molecule has 0 spiro atoms. The van der Waals surface area contributed by atoms with Gasteiger partial charge in [0.05, 0.1) is 29.7 Å². The minimum atomic E-state index is -1.24. The number of pyridine rings is 1. The number of rotatable bonds is 10. The number of carbonyl (C=O) groups is 4. The van der Waals surface area contributed by atoms with Gasteiger partial charge in [0, 0.05) is 36.0 Å². The molecule has 12 nitrogen and oxygen atoms in total. The third-order valence-electron chi connectivity index (χ3n) is 7.05. The molecule has 4 amide bonds. The lowest BCUT2D eigenvalue weighted by atomic mass is 10.1. The number of ether oxygens (including phenoxy) is 3. The minimum Gasteiger partial charge on any atom is -0.497 e. The second kappa shape index (κ2) is 14.1. The first-order chi connectivity index (χ1) is 21.3. The van der Waals surface area contributed by atoms with Gasteiger partial charge in [-0.3, -0.25) is 14.4 Å². The van der Waals surface area contributed by atoms with Gasteiger partial charge in [-0.25, -0.2) is 9.78 Å². The molecule has 0 radical (unpaired) electrons. The molecule has 1 saturated heterocycles. The van der Waals surface area contributed by atoms with Crippen LogP contribution in [-0.4, -0.2) is 82.5 Å². The molecule has 0 saturated carbocycles. The van der Waals surface area contributed by atoms with Gasteiger partial charge in [-0.1, -0.05) is 46.3 Å². The first kappa shape index (κ1) is 33.5. The number of carbonyl (C=O) groups excluding carboxylic acids is 4. The average molecular weight is 685 g/mol. The third kappa shape index (κ3) is 8.62. The second-order valence-electron chi connectivity index (χ2n) is 11.7. The van der Waals surface area contributed by atoms with Crippen LogP contribution in [0.1, 0.15) is 34.1 Å². The molecule has 1 aliphatic heterocycles. The van der Waals surface area contributed by atoms with Crippen LogP contribution in [0.2, 0.25) is 0 Å². The summed E-state index contributed by atoms with van der Waals surface area (Å²) in [7, 11) is 1.57. The average Bonchev–Trinajstić information content (AvgIpc) is 3.42. The molecule has 1 unspecified atom stereocenters. The predicted molar refractivity (Wildman–Crippen MR) is 172 cm³/mol. The van der Waals surface area contributed by atoms with Crippen LogP contribution < -0.4 is 25.8 Å². The van der Waals surface area contributed by atoms with Crippen molar-refractivity contribution in [2.24, 2.45) is 5.73 Å². The van der Waals surface area contributed by atoms with Crippen LogP contribution in [0.5, 0.6) is 11.5 Å². The molecule has 1 aromatic heterocycles. The number of methoxy groups -OCH3 is 1. The SMILES string of the molecule is COc1ccc2c(O[C@@H]3C[C@@H](C(N)=O)N(C(=O)[C@H](CNC(=O)C(C)Br)NC(=O)OC(C)(C)C)C3)cc(-c3ccccc3)nc2c1. The molecular weight excluding hydrogens is 646 g/mol. The Kier molecular flexibility index (Phi) is 10.5. The zero-order valence-corrected chi connectivity index (χ0v) is 27.4. The van der Waals surface area contributed by atoms with Crippen LogP contribution in [0.4, 0.5) is 4.79 Å². The lowest BCUT2D eigenvalue weighted by Gasteiger charge is -2.29.